The topological polar surface area (TPSA) is 73.2 Å². The zero-order valence-corrected chi connectivity index (χ0v) is 14.1. The fourth-order valence-corrected chi connectivity index (χ4v) is 3.08. The standard InChI is InChI=1S/C13H16BrN3O3S/c1-10-7-12(3-4-13(10)14)21(18,19)16-11-8-15-17(9-11)5-6-20-2/h3-4,7-9,16H,5-6H2,1-2H3. The summed E-state index contributed by atoms with van der Waals surface area (Å²) in [5.41, 5.74) is 1.28. The maximum atomic E-state index is 12.3. The first kappa shape index (κ1) is 16.0. The van der Waals surface area contributed by atoms with Gasteiger partial charge in [0, 0.05) is 17.8 Å². The van der Waals surface area contributed by atoms with Crippen LogP contribution in [-0.2, 0) is 21.3 Å². The number of sulfonamides is 1. The second-order valence-electron chi connectivity index (χ2n) is 4.50. The van der Waals surface area contributed by atoms with Crippen LogP contribution in [0.15, 0.2) is 40.0 Å². The number of anilines is 1. The van der Waals surface area contributed by atoms with E-state index >= 15 is 0 Å². The Morgan fingerprint density at radius 2 is 2.19 bits per heavy atom. The van der Waals surface area contributed by atoms with Crippen molar-refractivity contribution in [1.29, 1.82) is 0 Å². The van der Waals surface area contributed by atoms with Gasteiger partial charge in [0.15, 0.2) is 0 Å². The van der Waals surface area contributed by atoms with Gasteiger partial charge in [0.05, 0.1) is 29.9 Å². The SMILES string of the molecule is COCCn1cc(NS(=O)(=O)c2ccc(Br)c(C)c2)cn1. The Hall–Kier alpha value is -1.38. The summed E-state index contributed by atoms with van der Waals surface area (Å²) in [6, 6.07) is 4.88. The molecule has 0 bridgehead atoms. The van der Waals surface area contributed by atoms with Crippen LogP contribution in [0.5, 0.6) is 0 Å². The summed E-state index contributed by atoms with van der Waals surface area (Å²) >= 11 is 3.35. The molecule has 21 heavy (non-hydrogen) atoms. The lowest BCUT2D eigenvalue weighted by Gasteiger charge is -2.07. The second kappa shape index (κ2) is 6.59. The zero-order valence-electron chi connectivity index (χ0n) is 11.7. The Morgan fingerprint density at radius 1 is 1.43 bits per heavy atom. The van der Waals surface area contributed by atoms with Crippen molar-refractivity contribution in [3.63, 3.8) is 0 Å². The first-order valence-electron chi connectivity index (χ1n) is 6.23. The van der Waals surface area contributed by atoms with Crippen LogP contribution in [0.25, 0.3) is 0 Å². The summed E-state index contributed by atoms with van der Waals surface area (Å²) in [5.74, 6) is 0. The van der Waals surface area contributed by atoms with Crippen molar-refractivity contribution in [2.24, 2.45) is 0 Å². The predicted octanol–water partition coefficient (Wildman–Crippen LogP) is 2.40. The molecule has 0 aliphatic heterocycles. The average molecular weight is 374 g/mol. The molecule has 0 amide bonds. The Labute approximate surface area is 132 Å². The molecule has 0 atom stereocenters. The highest BCUT2D eigenvalue weighted by molar-refractivity contribution is 9.10. The molecule has 8 heteroatoms. The number of ether oxygens (including phenoxy) is 1. The molecule has 2 aromatic rings. The summed E-state index contributed by atoms with van der Waals surface area (Å²) in [6.07, 6.45) is 3.10. The first-order valence-corrected chi connectivity index (χ1v) is 8.50. The van der Waals surface area contributed by atoms with E-state index in [1.54, 1.807) is 36.2 Å². The van der Waals surface area contributed by atoms with Crippen LogP contribution >= 0.6 is 15.9 Å². The van der Waals surface area contributed by atoms with E-state index in [4.69, 9.17) is 4.74 Å². The highest BCUT2D eigenvalue weighted by Crippen LogP contribution is 2.21. The Balaban J connectivity index is 2.16. The Morgan fingerprint density at radius 3 is 2.86 bits per heavy atom. The minimum atomic E-state index is -3.62. The molecule has 0 spiro atoms. The van der Waals surface area contributed by atoms with E-state index in [0.29, 0.717) is 18.8 Å². The number of hydrogen-bond donors (Lipinski definition) is 1. The molecular formula is C13H16BrN3O3S. The fraction of sp³-hybridized carbons (Fsp3) is 0.308. The Bertz CT molecular complexity index is 728. The maximum Gasteiger partial charge on any atom is 0.262 e. The summed E-state index contributed by atoms with van der Waals surface area (Å²) in [5, 5.41) is 4.07. The number of rotatable bonds is 6. The number of aryl methyl sites for hydroxylation is 1. The first-order chi connectivity index (χ1) is 9.92. The summed E-state index contributed by atoms with van der Waals surface area (Å²) in [4.78, 5) is 0.216. The average Bonchev–Trinajstić information content (AvgIpc) is 2.86. The van der Waals surface area contributed by atoms with Crippen molar-refractivity contribution in [3.05, 3.63) is 40.6 Å². The quantitative estimate of drug-likeness (QED) is 0.843. The van der Waals surface area contributed by atoms with E-state index in [1.165, 1.54) is 6.20 Å². The third-order valence-corrected chi connectivity index (χ3v) is 5.12. The largest absolute Gasteiger partial charge is 0.383 e. The van der Waals surface area contributed by atoms with Crippen molar-refractivity contribution >= 4 is 31.6 Å². The van der Waals surface area contributed by atoms with Crippen molar-refractivity contribution in [1.82, 2.24) is 9.78 Å². The van der Waals surface area contributed by atoms with Crippen LogP contribution in [0.3, 0.4) is 0 Å². The predicted molar refractivity (Wildman–Crippen MR) is 83.8 cm³/mol. The number of benzene rings is 1. The van der Waals surface area contributed by atoms with E-state index in [-0.39, 0.29) is 4.90 Å². The lowest BCUT2D eigenvalue weighted by atomic mass is 10.2. The van der Waals surface area contributed by atoms with Gasteiger partial charge >= 0.3 is 0 Å². The monoisotopic (exact) mass is 373 g/mol. The van der Waals surface area contributed by atoms with Gasteiger partial charge in [-0.2, -0.15) is 5.10 Å². The van der Waals surface area contributed by atoms with Crippen molar-refractivity contribution in [2.75, 3.05) is 18.4 Å². The summed E-state index contributed by atoms with van der Waals surface area (Å²) in [7, 11) is -2.01. The molecule has 1 aromatic heterocycles. The molecule has 1 heterocycles. The molecule has 0 radical (unpaired) electrons. The number of nitrogens with zero attached hydrogens (tertiary/aromatic N) is 2. The van der Waals surface area contributed by atoms with Crippen molar-refractivity contribution < 1.29 is 13.2 Å². The third-order valence-electron chi connectivity index (χ3n) is 2.85. The molecule has 1 aromatic carbocycles. The Kier molecular flexibility index (Phi) is 5.02. The normalized spacial score (nSPS) is 11.6. The van der Waals surface area contributed by atoms with Gasteiger partial charge in [0.1, 0.15) is 0 Å². The molecule has 0 aliphatic carbocycles. The van der Waals surface area contributed by atoms with Gasteiger partial charge < -0.3 is 4.74 Å². The van der Waals surface area contributed by atoms with Crippen LogP contribution in [0.2, 0.25) is 0 Å². The molecule has 0 saturated carbocycles. The van der Waals surface area contributed by atoms with Gasteiger partial charge in [-0.3, -0.25) is 9.40 Å². The molecule has 0 unspecified atom stereocenters. The highest BCUT2D eigenvalue weighted by Gasteiger charge is 2.16. The smallest absolute Gasteiger partial charge is 0.262 e. The van der Waals surface area contributed by atoms with E-state index in [0.717, 1.165) is 10.0 Å². The lowest BCUT2D eigenvalue weighted by Crippen LogP contribution is -2.12. The van der Waals surface area contributed by atoms with Gasteiger partial charge in [0.2, 0.25) is 0 Å². The third kappa shape index (κ3) is 4.05. The molecule has 1 N–H and O–H groups in total. The van der Waals surface area contributed by atoms with Gasteiger partial charge in [-0.15, -0.1) is 0 Å². The molecule has 2 rings (SSSR count). The van der Waals surface area contributed by atoms with E-state index in [9.17, 15) is 8.42 Å². The number of hydrogen-bond acceptors (Lipinski definition) is 4. The summed E-state index contributed by atoms with van der Waals surface area (Å²) in [6.45, 7) is 2.92. The highest BCUT2D eigenvalue weighted by atomic mass is 79.9. The van der Waals surface area contributed by atoms with E-state index < -0.39 is 10.0 Å². The molecule has 0 saturated heterocycles. The van der Waals surface area contributed by atoms with Gasteiger partial charge in [-0.05, 0) is 30.7 Å². The van der Waals surface area contributed by atoms with Crippen LogP contribution in [0, 0.1) is 6.92 Å². The minimum Gasteiger partial charge on any atom is -0.383 e. The van der Waals surface area contributed by atoms with Crippen LogP contribution < -0.4 is 4.72 Å². The van der Waals surface area contributed by atoms with Gasteiger partial charge in [0.25, 0.3) is 10.0 Å². The molecule has 6 nitrogen and oxygen atoms in total. The van der Waals surface area contributed by atoms with Gasteiger partial charge in [-0.25, -0.2) is 8.42 Å². The van der Waals surface area contributed by atoms with Gasteiger partial charge in [-0.1, -0.05) is 15.9 Å². The molecule has 0 fully saturated rings. The molecule has 0 aliphatic rings. The van der Waals surface area contributed by atoms with Crippen LogP contribution in [0.1, 0.15) is 5.56 Å². The van der Waals surface area contributed by atoms with Crippen LogP contribution in [0.4, 0.5) is 5.69 Å². The van der Waals surface area contributed by atoms with Crippen molar-refractivity contribution in [3.8, 4) is 0 Å². The minimum absolute atomic E-state index is 0.216. The fourth-order valence-electron chi connectivity index (χ4n) is 1.72. The van der Waals surface area contributed by atoms with E-state index in [2.05, 4.69) is 25.8 Å². The number of nitrogens with one attached hydrogen (secondary N) is 1. The number of aromatic nitrogens is 2. The molecule has 114 valence electrons. The second-order valence-corrected chi connectivity index (χ2v) is 7.04. The van der Waals surface area contributed by atoms with E-state index in [1.807, 2.05) is 6.92 Å². The zero-order chi connectivity index (χ0) is 15.5. The lowest BCUT2D eigenvalue weighted by molar-refractivity contribution is 0.183. The van der Waals surface area contributed by atoms with Crippen LogP contribution in [-0.4, -0.2) is 31.9 Å². The maximum absolute atomic E-state index is 12.3. The number of halogens is 1. The van der Waals surface area contributed by atoms with Crippen molar-refractivity contribution in [2.45, 2.75) is 18.4 Å². The summed E-state index contributed by atoms with van der Waals surface area (Å²) < 4.78 is 34.5. The molecular weight excluding hydrogens is 358 g/mol. The number of methoxy groups -OCH3 is 1.